The Labute approximate surface area is 180 Å². The van der Waals surface area contributed by atoms with Crippen LogP contribution < -0.4 is 10.9 Å². The van der Waals surface area contributed by atoms with E-state index < -0.39 is 23.2 Å². The van der Waals surface area contributed by atoms with Gasteiger partial charge in [-0.15, -0.1) is 0 Å². The van der Waals surface area contributed by atoms with Gasteiger partial charge in [-0.3, -0.25) is 4.79 Å². The molecule has 10 heteroatoms. The summed E-state index contributed by atoms with van der Waals surface area (Å²) in [6.07, 6.45) is -1.79. The van der Waals surface area contributed by atoms with Gasteiger partial charge in [-0.25, -0.2) is 14.2 Å². The summed E-state index contributed by atoms with van der Waals surface area (Å²) in [5, 5.41) is 2.80. The number of alkyl halides is 3. The van der Waals surface area contributed by atoms with Gasteiger partial charge in [-0.1, -0.05) is 6.07 Å². The van der Waals surface area contributed by atoms with Crippen LogP contribution in [-0.4, -0.2) is 33.6 Å². The lowest BCUT2D eigenvalue weighted by Gasteiger charge is -2.32. The van der Waals surface area contributed by atoms with E-state index in [2.05, 4.69) is 10.3 Å². The Bertz CT molecular complexity index is 1200. The highest BCUT2D eigenvalue weighted by Gasteiger charge is 2.32. The van der Waals surface area contributed by atoms with Gasteiger partial charge in [0.15, 0.2) is 0 Å². The maximum atomic E-state index is 13.3. The largest absolute Gasteiger partial charge is 0.433 e. The molecule has 1 aliphatic rings. The van der Waals surface area contributed by atoms with Crippen molar-refractivity contribution in [3.63, 3.8) is 0 Å². The molecule has 1 aromatic carbocycles. The fourth-order valence-electron chi connectivity index (χ4n) is 3.83. The molecule has 0 atom stereocenters. The normalized spacial score (nSPS) is 15.2. The number of likely N-dealkylation sites (tertiary alicyclic amines) is 1. The molecule has 1 aliphatic heterocycles. The molecule has 3 aromatic rings. The molecule has 3 heterocycles. The van der Waals surface area contributed by atoms with E-state index in [0.717, 1.165) is 12.1 Å². The maximum absolute atomic E-state index is 13.3. The Morgan fingerprint density at radius 3 is 2.56 bits per heavy atom. The third kappa shape index (κ3) is 4.74. The van der Waals surface area contributed by atoms with Crippen LogP contribution >= 0.6 is 0 Å². The highest BCUT2D eigenvalue weighted by Crippen LogP contribution is 2.28. The van der Waals surface area contributed by atoms with E-state index in [1.807, 2.05) is 0 Å². The topological polar surface area (TPSA) is 67.2 Å². The highest BCUT2D eigenvalue weighted by molar-refractivity contribution is 5.89. The minimum atomic E-state index is -4.57. The Kier molecular flexibility index (Phi) is 5.86. The SMILES string of the molecule is O=C(Nc1cccc(F)c1)N1CCC(Cn2ccc3nc(C(F)(F)F)ccc3c2=O)CC1. The Morgan fingerprint density at radius 1 is 1.12 bits per heavy atom. The first-order valence-electron chi connectivity index (χ1n) is 10.1. The summed E-state index contributed by atoms with van der Waals surface area (Å²) in [6, 6.07) is 8.71. The Hall–Kier alpha value is -3.43. The first-order valence-corrected chi connectivity index (χ1v) is 10.1. The van der Waals surface area contributed by atoms with Crippen molar-refractivity contribution in [1.82, 2.24) is 14.5 Å². The highest BCUT2D eigenvalue weighted by atomic mass is 19.4. The molecule has 1 N–H and O–H groups in total. The van der Waals surface area contributed by atoms with Crippen LogP contribution in [-0.2, 0) is 12.7 Å². The summed E-state index contributed by atoms with van der Waals surface area (Å²) in [5.41, 5.74) is -1.05. The predicted octanol–water partition coefficient (Wildman–Crippen LogP) is 4.50. The van der Waals surface area contributed by atoms with E-state index in [1.54, 1.807) is 11.0 Å². The van der Waals surface area contributed by atoms with Crippen LogP contribution in [0.3, 0.4) is 0 Å². The maximum Gasteiger partial charge on any atom is 0.433 e. The van der Waals surface area contributed by atoms with Crippen LogP contribution in [0.15, 0.2) is 53.5 Å². The van der Waals surface area contributed by atoms with E-state index in [0.29, 0.717) is 38.2 Å². The van der Waals surface area contributed by atoms with Crippen LogP contribution in [0.4, 0.5) is 28.0 Å². The van der Waals surface area contributed by atoms with E-state index in [1.165, 1.54) is 35.0 Å². The molecule has 32 heavy (non-hydrogen) atoms. The van der Waals surface area contributed by atoms with Crippen molar-refractivity contribution >= 4 is 22.6 Å². The number of nitrogens with zero attached hydrogens (tertiary/aromatic N) is 3. The number of nitrogens with one attached hydrogen (secondary N) is 1. The molecular formula is C22H20F4N4O2. The van der Waals surface area contributed by atoms with Crippen molar-refractivity contribution in [2.75, 3.05) is 18.4 Å². The van der Waals surface area contributed by atoms with Gasteiger partial charge in [-0.2, -0.15) is 13.2 Å². The second-order valence-corrected chi connectivity index (χ2v) is 7.77. The summed E-state index contributed by atoms with van der Waals surface area (Å²) in [7, 11) is 0. The number of rotatable bonds is 3. The molecule has 168 valence electrons. The van der Waals surface area contributed by atoms with Gasteiger partial charge in [0, 0.05) is 31.5 Å². The number of carbonyl (C=O) groups excluding carboxylic acids is 1. The number of fused-ring (bicyclic) bond motifs is 1. The number of carbonyl (C=O) groups is 1. The second-order valence-electron chi connectivity index (χ2n) is 7.77. The average molecular weight is 448 g/mol. The minimum Gasteiger partial charge on any atom is -0.325 e. The molecule has 0 bridgehead atoms. The number of anilines is 1. The summed E-state index contributed by atoms with van der Waals surface area (Å²) in [5.74, 6) is -0.307. The van der Waals surface area contributed by atoms with E-state index in [4.69, 9.17) is 0 Å². The monoisotopic (exact) mass is 448 g/mol. The standard InChI is InChI=1S/C22H20F4N4O2/c23-15-2-1-3-16(12-15)27-21(32)29-9-6-14(7-10-29)13-30-11-8-18-17(20(30)31)4-5-19(28-18)22(24,25)26/h1-5,8,11-12,14H,6-7,9-10,13H2,(H,27,32). The number of hydrogen-bond acceptors (Lipinski definition) is 3. The van der Waals surface area contributed by atoms with Crippen molar-refractivity contribution in [1.29, 1.82) is 0 Å². The molecule has 1 saturated heterocycles. The molecule has 2 amide bonds. The Balaban J connectivity index is 1.39. The van der Waals surface area contributed by atoms with Crippen molar-refractivity contribution in [3.8, 4) is 0 Å². The van der Waals surface area contributed by atoms with Gasteiger partial charge in [-0.05, 0) is 55.2 Å². The predicted molar refractivity (Wildman–Crippen MR) is 111 cm³/mol. The molecule has 0 saturated carbocycles. The molecule has 0 aliphatic carbocycles. The second kappa shape index (κ2) is 8.60. The first kappa shape index (κ1) is 21.8. The number of pyridine rings is 2. The van der Waals surface area contributed by atoms with E-state index in [-0.39, 0.29) is 22.9 Å². The zero-order chi connectivity index (χ0) is 22.9. The van der Waals surface area contributed by atoms with Gasteiger partial charge in [0.25, 0.3) is 5.56 Å². The van der Waals surface area contributed by atoms with E-state index in [9.17, 15) is 27.2 Å². The number of piperidine rings is 1. The van der Waals surface area contributed by atoms with Gasteiger partial charge in [0.1, 0.15) is 11.5 Å². The third-order valence-corrected chi connectivity index (χ3v) is 5.55. The number of halogens is 4. The van der Waals surface area contributed by atoms with Crippen molar-refractivity contribution in [3.05, 3.63) is 70.5 Å². The zero-order valence-electron chi connectivity index (χ0n) is 16.9. The molecule has 0 unspecified atom stereocenters. The van der Waals surface area contributed by atoms with Crippen molar-refractivity contribution in [2.24, 2.45) is 5.92 Å². The van der Waals surface area contributed by atoms with Crippen LogP contribution in [0.1, 0.15) is 18.5 Å². The Morgan fingerprint density at radius 2 is 1.88 bits per heavy atom. The molecular weight excluding hydrogens is 428 g/mol. The van der Waals surface area contributed by atoms with Crippen LogP contribution in [0.5, 0.6) is 0 Å². The number of amides is 2. The number of urea groups is 1. The molecule has 6 nitrogen and oxygen atoms in total. The smallest absolute Gasteiger partial charge is 0.325 e. The first-order chi connectivity index (χ1) is 15.2. The van der Waals surface area contributed by atoms with Crippen molar-refractivity contribution in [2.45, 2.75) is 25.6 Å². The molecule has 4 rings (SSSR count). The molecule has 0 radical (unpaired) electrons. The lowest BCUT2D eigenvalue weighted by atomic mass is 9.97. The molecule has 2 aromatic heterocycles. The fourth-order valence-corrected chi connectivity index (χ4v) is 3.83. The van der Waals surface area contributed by atoms with Crippen LogP contribution in [0.2, 0.25) is 0 Å². The minimum absolute atomic E-state index is 0.00455. The van der Waals surface area contributed by atoms with Gasteiger partial charge < -0.3 is 14.8 Å². The summed E-state index contributed by atoms with van der Waals surface area (Å²) >= 11 is 0. The molecule has 0 spiro atoms. The number of benzene rings is 1. The van der Waals surface area contributed by atoms with Gasteiger partial charge >= 0.3 is 12.2 Å². The lowest BCUT2D eigenvalue weighted by molar-refractivity contribution is -0.140. The summed E-state index contributed by atoms with van der Waals surface area (Å²) in [6.45, 7) is 1.35. The number of hydrogen-bond donors (Lipinski definition) is 1. The number of aromatic nitrogens is 2. The third-order valence-electron chi connectivity index (χ3n) is 5.55. The van der Waals surface area contributed by atoms with Crippen molar-refractivity contribution < 1.29 is 22.4 Å². The summed E-state index contributed by atoms with van der Waals surface area (Å²) in [4.78, 5) is 30.3. The van der Waals surface area contributed by atoms with Gasteiger partial charge in [0.2, 0.25) is 0 Å². The van der Waals surface area contributed by atoms with Crippen LogP contribution in [0, 0.1) is 11.7 Å². The average Bonchev–Trinajstić information content (AvgIpc) is 2.75. The zero-order valence-corrected chi connectivity index (χ0v) is 16.9. The van der Waals surface area contributed by atoms with Crippen LogP contribution in [0.25, 0.3) is 10.9 Å². The van der Waals surface area contributed by atoms with E-state index >= 15 is 0 Å². The van der Waals surface area contributed by atoms with Gasteiger partial charge in [0.05, 0.1) is 10.9 Å². The lowest BCUT2D eigenvalue weighted by Crippen LogP contribution is -2.42. The summed E-state index contributed by atoms with van der Waals surface area (Å²) < 4.78 is 53.3. The quantitative estimate of drug-likeness (QED) is 0.600. The fraction of sp³-hybridized carbons (Fsp3) is 0.318. The molecule has 1 fully saturated rings.